The Morgan fingerprint density at radius 1 is 0.895 bits per heavy atom. The Kier molecular flexibility index (Phi) is 3.15. The van der Waals surface area contributed by atoms with Gasteiger partial charge in [0.25, 0.3) is 6.47 Å². The second-order valence-electron chi connectivity index (χ2n) is 4.54. The highest BCUT2D eigenvalue weighted by atomic mass is 16.5. The van der Waals surface area contributed by atoms with Gasteiger partial charge < -0.3 is 4.74 Å². The summed E-state index contributed by atoms with van der Waals surface area (Å²) in [5.74, 6) is 0.697. The summed E-state index contributed by atoms with van der Waals surface area (Å²) in [5, 5.41) is 0. The van der Waals surface area contributed by atoms with E-state index in [1.165, 1.54) is 5.56 Å². The van der Waals surface area contributed by atoms with E-state index >= 15 is 0 Å². The van der Waals surface area contributed by atoms with Crippen LogP contribution in [0.4, 0.5) is 0 Å². The molecule has 2 aromatic rings. The molecular formula is C17H14O2. The average Bonchev–Trinajstić information content (AvgIpc) is 2.49. The first-order valence-electron chi connectivity index (χ1n) is 6.37. The van der Waals surface area contributed by atoms with Gasteiger partial charge in [0.1, 0.15) is 5.76 Å². The largest absolute Gasteiger partial charge is 0.428 e. The summed E-state index contributed by atoms with van der Waals surface area (Å²) in [7, 11) is 0. The SMILES string of the molecule is O=COC1=C(c2ccccc2)CCc2ccccc21. The second kappa shape index (κ2) is 5.11. The van der Waals surface area contributed by atoms with E-state index < -0.39 is 0 Å². The van der Waals surface area contributed by atoms with E-state index in [2.05, 4.69) is 18.2 Å². The van der Waals surface area contributed by atoms with Crippen molar-refractivity contribution in [2.24, 2.45) is 0 Å². The van der Waals surface area contributed by atoms with Crippen LogP contribution in [0.3, 0.4) is 0 Å². The fourth-order valence-corrected chi connectivity index (χ4v) is 2.59. The number of hydrogen-bond donors (Lipinski definition) is 0. The van der Waals surface area contributed by atoms with Crippen molar-refractivity contribution in [3.8, 4) is 0 Å². The van der Waals surface area contributed by atoms with Crippen LogP contribution < -0.4 is 0 Å². The van der Waals surface area contributed by atoms with Crippen molar-refractivity contribution in [2.75, 3.05) is 0 Å². The van der Waals surface area contributed by atoms with Gasteiger partial charge in [-0.25, -0.2) is 0 Å². The molecule has 0 atom stereocenters. The van der Waals surface area contributed by atoms with E-state index in [1.807, 2.05) is 36.4 Å². The third kappa shape index (κ3) is 2.17. The average molecular weight is 250 g/mol. The summed E-state index contributed by atoms with van der Waals surface area (Å²) in [6.07, 6.45) is 1.87. The Hall–Kier alpha value is -2.35. The number of rotatable bonds is 3. The van der Waals surface area contributed by atoms with Crippen molar-refractivity contribution in [3.05, 3.63) is 71.3 Å². The fourth-order valence-electron chi connectivity index (χ4n) is 2.59. The molecule has 0 aromatic heterocycles. The molecule has 0 amide bonds. The van der Waals surface area contributed by atoms with E-state index in [1.54, 1.807) is 0 Å². The van der Waals surface area contributed by atoms with Crippen LogP contribution in [0.25, 0.3) is 11.3 Å². The lowest BCUT2D eigenvalue weighted by Gasteiger charge is -2.21. The van der Waals surface area contributed by atoms with Crippen LogP contribution in [0.15, 0.2) is 54.6 Å². The number of hydrogen-bond acceptors (Lipinski definition) is 2. The molecule has 0 unspecified atom stereocenters. The zero-order chi connectivity index (χ0) is 13.1. The monoisotopic (exact) mass is 250 g/mol. The van der Waals surface area contributed by atoms with Crippen LogP contribution in [0, 0.1) is 0 Å². The first-order valence-corrected chi connectivity index (χ1v) is 6.37. The molecular weight excluding hydrogens is 236 g/mol. The quantitative estimate of drug-likeness (QED) is 0.777. The molecule has 0 saturated carbocycles. The molecule has 2 aromatic carbocycles. The number of fused-ring (bicyclic) bond motifs is 1. The minimum atomic E-state index is 0.514. The standard InChI is InChI=1S/C17H14O2/c18-12-19-17-15-9-5-4-8-14(15)10-11-16(17)13-6-2-1-3-7-13/h1-9,12H,10-11H2. The molecule has 1 aliphatic rings. The predicted octanol–water partition coefficient (Wildman–Crippen LogP) is 3.67. The maximum Gasteiger partial charge on any atom is 0.298 e. The van der Waals surface area contributed by atoms with E-state index in [-0.39, 0.29) is 0 Å². The van der Waals surface area contributed by atoms with Crippen molar-refractivity contribution >= 4 is 17.8 Å². The lowest BCUT2D eigenvalue weighted by Crippen LogP contribution is -2.06. The van der Waals surface area contributed by atoms with Crippen LogP contribution in [0.5, 0.6) is 0 Å². The molecule has 0 radical (unpaired) electrons. The topological polar surface area (TPSA) is 26.3 Å². The van der Waals surface area contributed by atoms with Crippen molar-refractivity contribution < 1.29 is 9.53 Å². The number of ether oxygens (including phenoxy) is 1. The Balaban J connectivity index is 2.17. The maximum atomic E-state index is 10.8. The normalized spacial score (nSPS) is 13.9. The molecule has 3 rings (SSSR count). The Bertz CT molecular complexity index is 627. The van der Waals surface area contributed by atoms with Gasteiger partial charge in [-0.1, -0.05) is 54.6 Å². The summed E-state index contributed by atoms with van der Waals surface area (Å²) in [6, 6.07) is 18.2. The molecule has 2 heteroatoms. The highest BCUT2D eigenvalue weighted by Gasteiger charge is 2.21. The van der Waals surface area contributed by atoms with Crippen LogP contribution >= 0.6 is 0 Å². The first-order chi connectivity index (χ1) is 9.40. The number of carbonyl (C=O) groups excluding carboxylic acids is 1. The van der Waals surface area contributed by atoms with E-state index in [0.29, 0.717) is 12.2 Å². The second-order valence-corrected chi connectivity index (χ2v) is 4.54. The molecule has 0 aliphatic heterocycles. The molecule has 2 nitrogen and oxygen atoms in total. The molecule has 0 fully saturated rings. The van der Waals surface area contributed by atoms with Crippen molar-refractivity contribution in [1.82, 2.24) is 0 Å². The van der Waals surface area contributed by atoms with Crippen LogP contribution in [-0.4, -0.2) is 6.47 Å². The molecule has 0 saturated heterocycles. The van der Waals surface area contributed by atoms with Crippen molar-refractivity contribution in [3.63, 3.8) is 0 Å². The van der Waals surface area contributed by atoms with Gasteiger partial charge in [0.15, 0.2) is 0 Å². The third-order valence-corrected chi connectivity index (χ3v) is 3.47. The molecule has 0 spiro atoms. The predicted molar refractivity (Wildman–Crippen MR) is 75.2 cm³/mol. The van der Waals surface area contributed by atoms with Crippen molar-refractivity contribution in [2.45, 2.75) is 12.8 Å². The zero-order valence-electron chi connectivity index (χ0n) is 10.5. The van der Waals surface area contributed by atoms with Gasteiger partial charge in [0.05, 0.1) is 0 Å². The molecule has 0 heterocycles. The smallest absolute Gasteiger partial charge is 0.298 e. The highest BCUT2D eigenvalue weighted by Crippen LogP contribution is 2.36. The van der Waals surface area contributed by atoms with Gasteiger partial charge in [-0.3, -0.25) is 4.79 Å². The molecule has 19 heavy (non-hydrogen) atoms. The molecule has 1 aliphatic carbocycles. The fraction of sp³-hybridized carbons (Fsp3) is 0.118. The zero-order valence-corrected chi connectivity index (χ0v) is 10.5. The summed E-state index contributed by atoms with van der Waals surface area (Å²) in [6.45, 7) is 0.514. The van der Waals surface area contributed by atoms with Crippen molar-refractivity contribution in [1.29, 1.82) is 0 Å². The Labute approximate surface area is 112 Å². The van der Waals surface area contributed by atoms with E-state index in [9.17, 15) is 4.79 Å². The lowest BCUT2D eigenvalue weighted by atomic mass is 9.87. The summed E-state index contributed by atoms with van der Waals surface area (Å²) >= 11 is 0. The Morgan fingerprint density at radius 3 is 2.42 bits per heavy atom. The summed E-state index contributed by atoms with van der Waals surface area (Å²) < 4.78 is 5.28. The summed E-state index contributed by atoms with van der Waals surface area (Å²) in [5.41, 5.74) is 4.49. The minimum Gasteiger partial charge on any atom is -0.428 e. The number of benzene rings is 2. The number of aryl methyl sites for hydroxylation is 1. The molecule has 0 bridgehead atoms. The van der Waals surface area contributed by atoms with Crippen LogP contribution in [0.2, 0.25) is 0 Å². The van der Waals surface area contributed by atoms with E-state index in [0.717, 1.165) is 29.5 Å². The van der Waals surface area contributed by atoms with Gasteiger partial charge in [-0.15, -0.1) is 0 Å². The summed E-state index contributed by atoms with van der Waals surface area (Å²) in [4.78, 5) is 10.8. The molecule has 94 valence electrons. The van der Waals surface area contributed by atoms with Crippen LogP contribution in [0.1, 0.15) is 23.1 Å². The Morgan fingerprint density at radius 2 is 1.63 bits per heavy atom. The maximum absolute atomic E-state index is 10.8. The lowest BCUT2D eigenvalue weighted by molar-refractivity contribution is -0.122. The number of carbonyl (C=O) groups is 1. The van der Waals surface area contributed by atoms with Gasteiger partial charge >= 0.3 is 0 Å². The van der Waals surface area contributed by atoms with Crippen LogP contribution in [-0.2, 0) is 16.0 Å². The number of allylic oxidation sites excluding steroid dienone is 1. The highest BCUT2D eigenvalue weighted by molar-refractivity contribution is 5.92. The minimum absolute atomic E-state index is 0.514. The van der Waals surface area contributed by atoms with Gasteiger partial charge in [0.2, 0.25) is 0 Å². The van der Waals surface area contributed by atoms with Gasteiger partial charge in [0, 0.05) is 11.1 Å². The molecule has 0 N–H and O–H groups in total. The van der Waals surface area contributed by atoms with Gasteiger partial charge in [-0.2, -0.15) is 0 Å². The first kappa shape index (κ1) is 11.7. The van der Waals surface area contributed by atoms with E-state index in [4.69, 9.17) is 4.74 Å². The van der Waals surface area contributed by atoms with Gasteiger partial charge in [-0.05, 0) is 24.0 Å². The third-order valence-electron chi connectivity index (χ3n) is 3.47.